The van der Waals surface area contributed by atoms with E-state index in [0.717, 1.165) is 43.1 Å². The van der Waals surface area contributed by atoms with Crippen molar-refractivity contribution >= 4 is 23.1 Å². The molecule has 4 heterocycles. The van der Waals surface area contributed by atoms with Gasteiger partial charge in [0, 0.05) is 36.5 Å². The summed E-state index contributed by atoms with van der Waals surface area (Å²) in [6.45, 7) is 3.35. The predicted octanol–water partition coefficient (Wildman–Crippen LogP) is 2.32. The molecule has 1 saturated heterocycles. The molecule has 1 aliphatic heterocycles. The smallest absolute Gasteiger partial charge is 0.287 e. The standard InChI is InChI=1S/C17H18ClN4O/c1-20-12-16(21-7-9-23-10-8-21)22-11-13(4-5-15(20)22)14-3-2-6-19-17(14)18/h2-6,11-12H,7-10H2,1H3/q+1. The van der Waals surface area contributed by atoms with Gasteiger partial charge in [0.25, 0.3) is 5.65 Å². The second kappa shape index (κ2) is 5.83. The number of nitrogens with zero attached hydrogens (tertiary/aromatic N) is 4. The van der Waals surface area contributed by atoms with Crippen LogP contribution >= 0.6 is 11.6 Å². The first kappa shape index (κ1) is 14.5. The fraction of sp³-hybridized carbons (Fsp3) is 0.294. The molecule has 3 aromatic rings. The zero-order valence-corrected chi connectivity index (χ0v) is 13.7. The Morgan fingerprint density at radius 2 is 2.04 bits per heavy atom. The molecule has 4 rings (SSSR count). The zero-order valence-electron chi connectivity index (χ0n) is 12.9. The van der Waals surface area contributed by atoms with Crippen LogP contribution in [-0.4, -0.2) is 35.7 Å². The number of fused-ring (bicyclic) bond motifs is 1. The summed E-state index contributed by atoms with van der Waals surface area (Å²) in [5, 5.41) is 0.524. The summed E-state index contributed by atoms with van der Waals surface area (Å²) < 4.78 is 9.82. The van der Waals surface area contributed by atoms with Gasteiger partial charge in [-0.1, -0.05) is 11.6 Å². The molecule has 0 unspecified atom stereocenters. The highest BCUT2D eigenvalue weighted by molar-refractivity contribution is 6.32. The number of halogens is 1. The lowest BCUT2D eigenvalue weighted by Gasteiger charge is -2.25. The molecule has 0 bridgehead atoms. The van der Waals surface area contributed by atoms with Crippen LogP contribution in [0.3, 0.4) is 0 Å². The molecule has 1 aliphatic rings. The number of pyridine rings is 2. The van der Waals surface area contributed by atoms with Gasteiger partial charge >= 0.3 is 0 Å². The van der Waals surface area contributed by atoms with Gasteiger partial charge in [0.2, 0.25) is 5.82 Å². The van der Waals surface area contributed by atoms with Gasteiger partial charge in [-0.25, -0.2) is 9.55 Å². The Kier molecular flexibility index (Phi) is 3.67. The van der Waals surface area contributed by atoms with Crippen LogP contribution in [0.25, 0.3) is 16.8 Å². The highest BCUT2D eigenvalue weighted by atomic mass is 35.5. The number of anilines is 1. The van der Waals surface area contributed by atoms with Crippen molar-refractivity contribution < 1.29 is 9.30 Å². The molecule has 3 aromatic heterocycles. The number of aryl methyl sites for hydroxylation is 1. The van der Waals surface area contributed by atoms with Crippen molar-refractivity contribution in [3.05, 3.63) is 48.0 Å². The van der Waals surface area contributed by atoms with Crippen LogP contribution in [0, 0.1) is 0 Å². The van der Waals surface area contributed by atoms with Crippen molar-refractivity contribution in [3.63, 3.8) is 0 Å². The number of hydrogen-bond acceptors (Lipinski definition) is 3. The summed E-state index contributed by atoms with van der Waals surface area (Å²) in [5.74, 6) is 1.17. The van der Waals surface area contributed by atoms with Crippen LogP contribution in [-0.2, 0) is 11.8 Å². The van der Waals surface area contributed by atoms with Gasteiger partial charge in [0.05, 0.1) is 20.3 Å². The highest BCUT2D eigenvalue weighted by Crippen LogP contribution is 2.27. The summed E-state index contributed by atoms with van der Waals surface area (Å²) in [6.07, 6.45) is 6.00. The summed E-state index contributed by atoms with van der Waals surface area (Å²) in [5.41, 5.74) is 3.14. The van der Waals surface area contributed by atoms with Crippen molar-refractivity contribution in [3.8, 4) is 11.1 Å². The molecule has 0 saturated carbocycles. The average Bonchev–Trinajstić information content (AvgIpc) is 2.92. The Morgan fingerprint density at radius 1 is 1.22 bits per heavy atom. The third-order valence-corrected chi connectivity index (χ3v) is 4.55. The normalized spacial score (nSPS) is 15.3. The Balaban J connectivity index is 1.85. The van der Waals surface area contributed by atoms with Gasteiger partial charge in [-0.2, -0.15) is 4.40 Å². The summed E-state index contributed by atoms with van der Waals surface area (Å²) in [6, 6.07) is 8.10. The molecule has 0 spiro atoms. The van der Waals surface area contributed by atoms with Crippen LogP contribution in [0.2, 0.25) is 5.15 Å². The van der Waals surface area contributed by atoms with Gasteiger partial charge in [0.1, 0.15) is 11.3 Å². The van der Waals surface area contributed by atoms with Gasteiger partial charge in [-0.3, -0.25) is 0 Å². The first-order valence-electron chi connectivity index (χ1n) is 7.68. The summed E-state index contributed by atoms with van der Waals surface area (Å²) in [4.78, 5) is 6.53. The minimum absolute atomic E-state index is 0.524. The molecule has 0 N–H and O–H groups in total. The largest absolute Gasteiger partial charge is 0.378 e. The zero-order chi connectivity index (χ0) is 15.8. The fourth-order valence-corrected chi connectivity index (χ4v) is 3.28. The van der Waals surface area contributed by atoms with E-state index in [1.54, 1.807) is 6.20 Å². The molecular weight excluding hydrogens is 312 g/mol. The number of morpholine rings is 1. The Labute approximate surface area is 139 Å². The molecule has 0 atom stereocenters. The topological polar surface area (TPSA) is 33.7 Å². The molecule has 6 heteroatoms. The molecule has 118 valence electrons. The van der Waals surface area contributed by atoms with E-state index in [0.29, 0.717) is 5.15 Å². The summed E-state index contributed by atoms with van der Waals surface area (Å²) in [7, 11) is 2.07. The third kappa shape index (κ3) is 2.56. The predicted molar refractivity (Wildman–Crippen MR) is 89.8 cm³/mol. The van der Waals surface area contributed by atoms with Crippen LogP contribution in [0.1, 0.15) is 0 Å². The van der Waals surface area contributed by atoms with E-state index >= 15 is 0 Å². The molecule has 5 nitrogen and oxygen atoms in total. The first-order chi connectivity index (χ1) is 11.2. The Hall–Kier alpha value is -2.11. The van der Waals surface area contributed by atoms with E-state index in [2.05, 4.69) is 50.4 Å². The maximum atomic E-state index is 6.25. The quantitative estimate of drug-likeness (QED) is 0.534. The van der Waals surface area contributed by atoms with Crippen LogP contribution < -0.4 is 9.47 Å². The van der Waals surface area contributed by atoms with Crippen molar-refractivity contribution in [2.45, 2.75) is 0 Å². The van der Waals surface area contributed by atoms with E-state index in [-0.39, 0.29) is 0 Å². The molecular formula is C17H18ClN4O+. The Morgan fingerprint density at radius 3 is 2.83 bits per heavy atom. The van der Waals surface area contributed by atoms with E-state index in [1.165, 1.54) is 5.82 Å². The first-order valence-corrected chi connectivity index (χ1v) is 8.06. The lowest BCUT2D eigenvalue weighted by Crippen LogP contribution is -2.37. The minimum Gasteiger partial charge on any atom is -0.378 e. The molecule has 0 amide bonds. The SMILES string of the molecule is C[n+]1cc(N2CCOCC2)n2cc(-c3cccnc3Cl)ccc21. The van der Waals surface area contributed by atoms with Crippen molar-refractivity contribution in [2.24, 2.45) is 7.05 Å². The molecule has 23 heavy (non-hydrogen) atoms. The highest BCUT2D eigenvalue weighted by Gasteiger charge is 2.22. The minimum atomic E-state index is 0.524. The number of rotatable bonds is 2. The summed E-state index contributed by atoms with van der Waals surface area (Å²) >= 11 is 6.25. The second-order valence-electron chi connectivity index (χ2n) is 5.69. The lowest BCUT2D eigenvalue weighted by molar-refractivity contribution is -0.644. The van der Waals surface area contributed by atoms with E-state index < -0.39 is 0 Å². The van der Waals surface area contributed by atoms with Crippen LogP contribution in [0.15, 0.2) is 42.9 Å². The maximum absolute atomic E-state index is 6.25. The molecule has 0 radical (unpaired) electrons. The number of imidazole rings is 1. The fourth-order valence-electron chi connectivity index (χ4n) is 3.05. The third-order valence-electron chi connectivity index (χ3n) is 4.25. The van der Waals surface area contributed by atoms with Crippen LogP contribution in [0.4, 0.5) is 5.82 Å². The van der Waals surface area contributed by atoms with Gasteiger partial charge < -0.3 is 9.64 Å². The molecule has 0 aromatic carbocycles. The van der Waals surface area contributed by atoms with E-state index in [9.17, 15) is 0 Å². The van der Waals surface area contributed by atoms with Gasteiger partial charge in [-0.05, 0) is 18.2 Å². The van der Waals surface area contributed by atoms with Crippen molar-refractivity contribution in [1.29, 1.82) is 0 Å². The average molecular weight is 330 g/mol. The number of aromatic nitrogens is 3. The monoisotopic (exact) mass is 329 g/mol. The van der Waals surface area contributed by atoms with Crippen molar-refractivity contribution in [1.82, 2.24) is 9.38 Å². The maximum Gasteiger partial charge on any atom is 0.287 e. The number of hydrogen-bond donors (Lipinski definition) is 0. The Bertz CT molecular complexity index is 855. The lowest BCUT2D eigenvalue weighted by atomic mass is 10.1. The van der Waals surface area contributed by atoms with Crippen molar-refractivity contribution in [2.75, 3.05) is 31.2 Å². The molecule has 1 fully saturated rings. The molecule has 0 aliphatic carbocycles. The van der Waals surface area contributed by atoms with Gasteiger partial charge in [0.15, 0.2) is 6.20 Å². The van der Waals surface area contributed by atoms with Crippen LogP contribution in [0.5, 0.6) is 0 Å². The number of ether oxygens (including phenoxy) is 1. The van der Waals surface area contributed by atoms with Gasteiger partial charge in [-0.15, -0.1) is 0 Å². The van der Waals surface area contributed by atoms with E-state index in [4.69, 9.17) is 16.3 Å². The van der Waals surface area contributed by atoms with E-state index in [1.807, 2.05) is 12.1 Å². The second-order valence-corrected chi connectivity index (χ2v) is 6.04.